The van der Waals surface area contributed by atoms with Crippen LogP contribution in [-0.4, -0.2) is 12.0 Å². The summed E-state index contributed by atoms with van der Waals surface area (Å²) in [6, 6.07) is 16.4. The second-order valence-electron chi connectivity index (χ2n) is 8.02. The number of allylic oxidation sites excluding steroid dienone is 3. The molecule has 0 saturated carbocycles. The first-order valence-corrected chi connectivity index (χ1v) is 9.98. The molecule has 0 aliphatic carbocycles. The quantitative estimate of drug-likeness (QED) is 0.401. The Kier molecular flexibility index (Phi) is 8.16. The topological polar surface area (TPSA) is 38.3 Å². The fourth-order valence-electron chi connectivity index (χ4n) is 2.83. The van der Waals surface area contributed by atoms with Gasteiger partial charge in [0.1, 0.15) is 12.4 Å². The molecule has 0 fully saturated rings. The molecule has 4 heteroatoms. The highest BCUT2D eigenvalue weighted by Crippen LogP contribution is 2.25. The van der Waals surface area contributed by atoms with Gasteiger partial charge in [0, 0.05) is 5.69 Å². The van der Waals surface area contributed by atoms with Crippen molar-refractivity contribution in [3.63, 3.8) is 0 Å². The van der Waals surface area contributed by atoms with E-state index in [1.807, 2.05) is 54.6 Å². The first-order valence-electron chi connectivity index (χ1n) is 9.98. The van der Waals surface area contributed by atoms with Crippen molar-refractivity contribution in [1.29, 1.82) is 0 Å². The molecule has 0 bridgehead atoms. The lowest BCUT2D eigenvalue weighted by molar-refractivity contribution is -0.144. The summed E-state index contributed by atoms with van der Waals surface area (Å²) < 4.78 is 19.4. The molecule has 0 aromatic heterocycles. The summed E-state index contributed by atoms with van der Waals surface area (Å²) in [6.07, 6.45) is 4.08. The van der Waals surface area contributed by atoms with E-state index in [-0.39, 0.29) is 12.0 Å². The van der Waals surface area contributed by atoms with Crippen LogP contribution in [0, 0.1) is 0 Å². The Morgan fingerprint density at radius 3 is 2.30 bits per heavy atom. The number of carbonyl (C=O) groups excluding carboxylic acids is 1. The number of carbonyl (C=O) groups is 1. The van der Waals surface area contributed by atoms with Crippen LogP contribution in [0.2, 0.25) is 0 Å². The van der Waals surface area contributed by atoms with Crippen LogP contribution in [0.15, 0.2) is 90.8 Å². The number of hydrogen-bond acceptors (Lipinski definition) is 3. The summed E-state index contributed by atoms with van der Waals surface area (Å²) in [5.41, 5.74) is 3.20. The molecule has 1 N–H and O–H groups in total. The summed E-state index contributed by atoms with van der Waals surface area (Å²) in [7, 11) is 0. The summed E-state index contributed by atoms with van der Waals surface area (Å²) in [5, 5.41) is 3.17. The second-order valence-corrected chi connectivity index (χ2v) is 8.02. The smallest absolute Gasteiger partial charge is 0.333 e. The molecule has 158 valence electrons. The van der Waals surface area contributed by atoms with Gasteiger partial charge < -0.3 is 10.1 Å². The van der Waals surface area contributed by atoms with Crippen molar-refractivity contribution in [2.75, 3.05) is 5.32 Å². The van der Waals surface area contributed by atoms with E-state index >= 15 is 0 Å². The minimum Gasteiger partial charge on any atom is -0.459 e. The molecule has 1 atom stereocenters. The Labute approximate surface area is 179 Å². The van der Waals surface area contributed by atoms with E-state index in [1.165, 1.54) is 23.8 Å². The van der Waals surface area contributed by atoms with Crippen molar-refractivity contribution in [3.8, 4) is 0 Å². The van der Waals surface area contributed by atoms with Crippen LogP contribution in [0.3, 0.4) is 0 Å². The summed E-state index contributed by atoms with van der Waals surface area (Å²) in [4.78, 5) is 12.9. The van der Waals surface area contributed by atoms with Crippen LogP contribution in [0.5, 0.6) is 0 Å². The third kappa shape index (κ3) is 6.73. The lowest BCUT2D eigenvalue weighted by Gasteiger charge is -2.22. The Balaban J connectivity index is 2.27. The largest absolute Gasteiger partial charge is 0.459 e. The first kappa shape index (κ1) is 23.1. The maximum atomic E-state index is 13.9. The Hall–Kier alpha value is -3.14. The Bertz CT molecular complexity index is 906. The first-order chi connectivity index (χ1) is 14.2. The van der Waals surface area contributed by atoms with Gasteiger partial charge in [0.15, 0.2) is 6.04 Å². The zero-order valence-electron chi connectivity index (χ0n) is 18.1. The monoisotopic (exact) mass is 407 g/mol. The van der Waals surface area contributed by atoms with E-state index < -0.39 is 17.8 Å². The van der Waals surface area contributed by atoms with Gasteiger partial charge in [-0.15, -0.1) is 0 Å². The van der Waals surface area contributed by atoms with Gasteiger partial charge in [0.05, 0.1) is 0 Å². The minimum absolute atomic E-state index is 0.0216. The predicted molar refractivity (Wildman–Crippen MR) is 122 cm³/mol. The van der Waals surface area contributed by atoms with Crippen molar-refractivity contribution in [2.24, 2.45) is 0 Å². The molecule has 3 nitrogen and oxygen atoms in total. The van der Waals surface area contributed by atoms with E-state index in [1.54, 1.807) is 6.92 Å². The van der Waals surface area contributed by atoms with Crippen LogP contribution >= 0.6 is 0 Å². The molecule has 0 radical (unpaired) electrons. The molecule has 2 rings (SSSR count). The van der Waals surface area contributed by atoms with Gasteiger partial charge in [0.2, 0.25) is 0 Å². The summed E-state index contributed by atoms with van der Waals surface area (Å²) in [6.45, 7) is 11.9. The maximum Gasteiger partial charge on any atom is 0.333 e. The number of esters is 1. The van der Waals surface area contributed by atoms with Gasteiger partial charge in [-0.05, 0) is 47.2 Å². The van der Waals surface area contributed by atoms with Crippen LogP contribution in [-0.2, 0) is 21.6 Å². The van der Waals surface area contributed by atoms with Gasteiger partial charge in [-0.1, -0.05) is 82.0 Å². The number of halogens is 1. The van der Waals surface area contributed by atoms with Gasteiger partial charge >= 0.3 is 5.97 Å². The molecular formula is C26H30FNO2. The highest BCUT2D eigenvalue weighted by Gasteiger charge is 2.24. The van der Waals surface area contributed by atoms with E-state index in [4.69, 9.17) is 4.74 Å². The molecular weight excluding hydrogens is 377 g/mol. The van der Waals surface area contributed by atoms with Crippen molar-refractivity contribution in [3.05, 3.63) is 102 Å². The second kappa shape index (κ2) is 10.6. The molecule has 2 aromatic rings. The molecule has 0 aliphatic heterocycles. The lowest BCUT2D eigenvalue weighted by atomic mass is 9.87. The summed E-state index contributed by atoms with van der Waals surface area (Å²) in [5.74, 6) is -0.954. The number of benzene rings is 2. The van der Waals surface area contributed by atoms with Crippen LogP contribution in [0.1, 0.15) is 38.8 Å². The molecule has 0 heterocycles. The van der Waals surface area contributed by atoms with E-state index in [9.17, 15) is 9.18 Å². The average Bonchev–Trinajstić information content (AvgIpc) is 2.74. The molecule has 1 unspecified atom stereocenters. The average molecular weight is 408 g/mol. The Morgan fingerprint density at radius 2 is 1.77 bits per heavy atom. The highest BCUT2D eigenvalue weighted by molar-refractivity contribution is 5.84. The van der Waals surface area contributed by atoms with Gasteiger partial charge in [-0.3, -0.25) is 0 Å². The van der Waals surface area contributed by atoms with E-state index in [0.29, 0.717) is 5.57 Å². The molecule has 0 aliphatic rings. The zero-order chi connectivity index (χ0) is 22.1. The number of ether oxygens (including phenoxy) is 1. The third-order valence-corrected chi connectivity index (χ3v) is 4.67. The van der Waals surface area contributed by atoms with Crippen molar-refractivity contribution >= 4 is 11.7 Å². The SMILES string of the molecule is C=C/C(=C\C(F)=C/C)C(Nc1ccc(C(C)(C)C)cc1)C(=O)OCc1ccccc1. The van der Waals surface area contributed by atoms with Crippen LogP contribution in [0.25, 0.3) is 0 Å². The van der Waals surface area contributed by atoms with Gasteiger partial charge in [-0.25, -0.2) is 9.18 Å². The van der Waals surface area contributed by atoms with E-state index in [0.717, 1.165) is 11.3 Å². The van der Waals surface area contributed by atoms with Crippen molar-refractivity contribution < 1.29 is 13.9 Å². The third-order valence-electron chi connectivity index (χ3n) is 4.67. The molecule has 0 amide bonds. The van der Waals surface area contributed by atoms with Crippen molar-refractivity contribution in [2.45, 2.75) is 45.8 Å². The zero-order valence-corrected chi connectivity index (χ0v) is 18.1. The van der Waals surface area contributed by atoms with Crippen LogP contribution in [0.4, 0.5) is 10.1 Å². The molecule has 30 heavy (non-hydrogen) atoms. The molecule has 0 spiro atoms. The molecule has 0 saturated heterocycles. The Morgan fingerprint density at radius 1 is 1.13 bits per heavy atom. The van der Waals surface area contributed by atoms with Gasteiger partial charge in [0.25, 0.3) is 0 Å². The standard InChI is InChI=1S/C26H30FNO2/c1-6-20(17-22(27)7-2)24(25(29)30-18-19-11-9-8-10-12-19)28-23-15-13-21(14-16-23)26(3,4)5/h6-17,24,28H,1,18H2,2-5H3/b20-17+,22-7+. The number of hydrogen-bond donors (Lipinski definition) is 1. The number of nitrogens with one attached hydrogen (secondary N) is 1. The normalized spacial score (nSPS) is 13.5. The lowest BCUT2D eigenvalue weighted by Crippen LogP contribution is -2.33. The number of rotatable bonds is 8. The predicted octanol–water partition coefficient (Wildman–Crippen LogP) is 6.49. The highest BCUT2D eigenvalue weighted by atomic mass is 19.1. The molecule has 2 aromatic carbocycles. The fraction of sp³-hybridized carbons (Fsp3) is 0.269. The van der Waals surface area contributed by atoms with Crippen LogP contribution < -0.4 is 5.32 Å². The minimum atomic E-state index is -0.891. The van der Waals surface area contributed by atoms with Gasteiger partial charge in [-0.2, -0.15) is 0 Å². The van der Waals surface area contributed by atoms with Crippen molar-refractivity contribution in [1.82, 2.24) is 0 Å². The fourth-order valence-corrected chi connectivity index (χ4v) is 2.83. The number of anilines is 1. The van der Waals surface area contributed by atoms with E-state index in [2.05, 4.69) is 32.7 Å². The maximum absolute atomic E-state index is 13.9. The summed E-state index contributed by atoms with van der Waals surface area (Å²) >= 11 is 0.